The van der Waals surface area contributed by atoms with Crippen molar-refractivity contribution in [3.8, 4) is 0 Å². The molecular formula is C9H11NO5S. The normalized spacial score (nSPS) is 16.3. The molecule has 1 heterocycles. The average molecular weight is 245 g/mol. The molecule has 16 heavy (non-hydrogen) atoms. The maximum Gasteiger partial charge on any atom is 0.373 e. The van der Waals surface area contributed by atoms with Gasteiger partial charge in [0.1, 0.15) is 5.75 Å². The Bertz CT molecular complexity index is 526. The van der Waals surface area contributed by atoms with Crippen LogP contribution in [-0.4, -0.2) is 30.7 Å². The number of oxazole rings is 1. The zero-order valence-corrected chi connectivity index (χ0v) is 9.45. The lowest BCUT2D eigenvalue weighted by Gasteiger charge is -1.90. The van der Waals surface area contributed by atoms with Crippen LogP contribution in [0.4, 0.5) is 0 Å². The molecule has 0 amide bonds. The summed E-state index contributed by atoms with van der Waals surface area (Å²) < 4.78 is 27.0. The van der Waals surface area contributed by atoms with Crippen LogP contribution < -0.4 is 0 Å². The first-order chi connectivity index (χ1) is 7.37. The molecule has 6 nitrogen and oxygen atoms in total. The van der Waals surface area contributed by atoms with Crippen molar-refractivity contribution in [2.24, 2.45) is 0 Å². The van der Waals surface area contributed by atoms with Crippen molar-refractivity contribution in [3.05, 3.63) is 17.3 Å². The number of carboxylic acids is 1. The van der Waals surface area contributed by atoms with Crippen LogP contribution in [-0.2, 0) is 15.6 Å². The molecule has 1 aliphatic carbocycles. The highest BCUT2D eigenvalue weighted by Crippen LogP contribution is 2.41. The van der Waals surface area contributed by atoms with Crippen molar-refractivity contribution in [3.63, 3.8) is 0 Å². The van der Waals surface area contributed by atoms with Crippen LogP contribution in [0.3, 0.4) is 0 Å². The van der Waals surface area contributed by atoms with Gasteiger partial charge in [0.15, 0.2) is 9.84 Å². The number of rotatable bonds is 4. The molecule has 0 aromatic carbocycles. The van der Waals surface area contributed by atoms with Gasteiger partial charge >= 0.3 is 5.97 Å². The third kappa shape index (κ3) is 2.41. The van der Waals surface area contributed by atoms with Gasteiger partial charge in [-0.05, 0) is 12.8 Å². The lowest BCUT2D eigenvalue weighted by atomic mass is 10.2. The predicted molar refractivity (Wildman–Crippen MR) is 54.0 cm³/mol. The minimum Gasteiger partial charge on any atom is -0.475 e. The van der Waals surface area contributed by atoms with Gasteiger partial charge < -0.3 is 9.52 Å². The monoisotopic (exact) mass is 245 g/mol. The van der Waals surface area contributed by atoms with E-state index in [0.717, 1.165) is 19.1 Å². The Kier molecular flexibility index (Phi) is 2.49. The first-order valence-electron chi connectivity index (χ1n) is 4.77. The number of hydrogen-bond acceptors (Lipinski definition) is 5. The average Bonchev–Trinajstić information content (AvgIpc) is 2.86. The summed E-state index contributed by atoms with van der Waals surface area (Å²) in [5, 5.41) is 8.87. The van der Waals surface area contributed by atoms with Crippen LogP contribution in [0.1, 0.15) is 40.9 Å². The fourth-order valence-corrected chi connectivity index (χ4v) is 2.02. The Morgan fingerprint density at radius 3 is 2.62 bits per heavy atom. The molecule has 1 aromatic rings. The van der Waals surface area contributed by atoms with Gasteiger partial charge in [-0.15, -0.1) is 0 Å². The van der Waals surface area contributed by atoms with E-state index in [4.69, 9.17) is 9.52 Å². The summed E-state index contributed by atoms with van der Waals surface area (Å²) in [5.74, 6) is -1.71. The summed E-state index contributed by atoms with van der Waals surface area (Å²) in [5.41, 5.74) is 0.381. The Labute approximate surface area is 92.2 Å². The van der Waals surface area contributed by atoms with E-state index in [-0.39, 0.29) is 23.3 Å². The highest BCUT2D eigenvalue weighted by molar-refractivity contribution is 7.89. The number of nitrogens with zero attached hydrogens (tertiary/aromatic N) is 1. The van der Waals surface area contributed by atoms with Crippen molar-refractivity contribution in [1.29, 1.82) is 0 Å². The Morgan fingerprint density at radius 1 is 1.56 bits per heavy atom. The van der Waals surface area contributed by atoms with Gasteiger partial charge in [-0.2, -0.15) is 0 Å². The van der Waals surface area contributed by atoms with Crippen LogP contribution >= 0.6 is 0 Å². The van der Waals surface area contributed by atoms with Gasteiger partial charge in [0.05, 0.1) is 5.69 Å². The van der Waals surface area contributed by atoms with E-state index in [9.17, 15) is 13.2 Å². The molecule has 7 heteroatoms. The molecule has 0 aliphatic heterocycles. The highest BCUT2D eigenvalue weighted by atomic mass is 32.2. The summed E-state index contributed by atoms with van der Waals surface area (Å²) in [7, 11) is -3.26. The number of aromatic carboxylic acids is 1. The third-order valence-electron chi connectivity index (χ3n) is 2.24. The van der Waals surface area contributed by atoms with Gasteiger partial charge in [-0.1, -0.05) is 0 Å². The first kappa shape index (κ1) is 11.1. The van der Waals surface area contributed by atoms with Gasteiger partial charge in [-0.25, -0.2) is 18.2 Å². The molecule has 1 N–H and O–H groups in total. The molecule has 0 radical (unpaired) electrons. The molecule has 0 saturated heterocycles. The molecule has 0 spiro atoms. The fourth-order valence-electron chi connectivity index (χ4n) is 1.45. The van der Waals surface area contributed by atoms with Crippen molar-refractivity contribution in [2.45, 2.75) is 24.5 Å². The van der Waals surface area contributed by atoms with Crippen molar-refractivity contribution in [1.82, 2.24) is 4.98 Å². The van der Waals surface area contributed by atoms with Gasteiger partial charge in [0.25, 0.3) is 0 Å². The summed E-state index contributed by atoms with van der Waals surface area (Å²) in [4.78, 5) is 14.8. The van der Waals surface area contributed by atoms with Crippen molar-refractivity contribution >= 4 is 15.8 Å². The lowest BCUT2D eigenvalue weighted by molar-refractivity contribution is 0.0659. The molecular weight excluding hydrogens is 234 g/mol. The molecule has 1 saturated carbocycles. The number of aromatic nitrogens is 1. The zero-order valence-electron chi connectivity index (χ0n) is 8.63. The van der Waals surface area contributed by atoms with E-state index in [2.05, 4.69) is 4.98 Å². The largest absolute Gasteiger partial charge is 0.475 e. The van der Waals surface area contributed by atoms with E-state index in [1.165, 1.54) is 0 Å². The second-order valence-corrected chi connectivity index (χ2v) is 6.11. The summed E-state index contributed by atoms with van der Waals surface area (Å²) >= 11 is 0. The highest BCUT2D eigenvalue weighted by Gasteiger charge is 2.33. The number of hydrogen-bond donors (Lipinski definition) is 1. The standard InChI is InChI=1S/C9H11NO5S/c1-16(13,14)4-6-10-7(5-2-3-5)8(15-6)9(11)12/h5H,2-4H2,1H3,(H,11,12). The predicted octanol–water partition coefficient (Wildman–Crippen LogP) is 0.795. The number of sulfone groups is 1. The maximum atomic E-state index is 11.0. The number of carbonyl (C=O) groups is 1. The smallest absolute Gasteiger partial charge is 0.373 e. The second-order valence-electron chi connectivity index (χ2n) is 3.97. The Hall–Kier alpha value is -1.37. The zero-order chi connectivity index (χ0) is 11.9. The van der Waals surface area contributed by atoms with Gasteiger partial charge in [-0.3, -0.25) is 0 Å². The van der Waals surface area contributed by atoms with Crippen LogP contribution in [0.25, 0.3) is 0 Å². The Balaban J connectivity index is 2.35. The fraction of sp³-hybridized carbons (Fsp3) is 0.556. The van der Waals surface area contributed by atoms with Crippen LogP contribution in [0.15, 0.2) is 4.42 Å². The van der Waals surface area contributed by atoms with Crippen molar-refractivity contribution < 1.29 is 22.7 Å². The number of carboxylic acid groups (broad SMARTS) is 1. The van der Waals surface area contributed by atoms with Gasteiger partial charge in [0.2, 0.25) is 11.7 Å². The molecule has 0 unspecified atom stereocenters. The Morgan fingerprint density at radius 2 is 2.19 bits per heavy atom. The third-order valence-corrected chi connectivity index (χ3v) is 3.01. The second kappa shape index (κ2) is 3.58. The van der Waals surface area contributed by atoms with Crippen LogP contribution in [0.5, 0.6) is 0 Å². The minimum atomic E-state index is -3.26. The van der Waals surface area contributed by atoms with Crippen molar-refractivity contribution in [2.75, 3.05) is 6.26 Å². The summed E-state index contributed by atoms with van der Waals surface area (Å²) in [6.07, 6.45) is 2.81. The van der Waals surface area contributed by atoms with Crippen LogP contribution in [0, 0.1) is 0 Å². The molecule has 1 fully saturated rings. The topological polar surface area (TPSA) is 97.5 Å². The van der Waals surface area contributed by atoms with Gasteiger partial charge in [0, 0.05) is 12.2 Å². The molecule has 2 rings (SSSR count). The maximum absolute atomic E-state index is 11.0. The molecule has 0 bridgehead atoms. The van der Waals surface area contributed by atoms with Crippen LogP contribution in [0.2, 0.25) is 0 Å². The summed E-state index contributed by atoms with van der Waals surface area (Å²) in [6, 6.07) is 0. The molecule has 88 valence electrons. The molecule has 1 aliphatic rings. The summed E-state index contributed by atoms with van der Waals surface area (Å²) in [6.45, 7) is 0. The molecule has 1 aromatic heterocycles. The van der Waals surface area contributed by atoms with E-state index in [0.29, 0.717) is 5.69 Å². The van der Waals surface area contributed by atoms with E-state index in [1.54, 1.807) is 0 Å². The quantitative estimate of drug-likeness (QED) is 0.842. The lowest BCUT2D eigenvalue weighted by Crippen LogP contribution is -2.00. The van der Waals surface area contributed by atoms with E-state index in [1.807, 2.05) is 0 Å². The van der Waals surface area contributed by atoms with E-state index < -0.39 is 15.8 Å². The van der Waals surface area contributed by atoms with E-state index >= 15 is 0 Å². The first-order valence-corrected chi connectivity index (χ1v) is 6.83. The SMILES string of the molecule is CS(=O)(=O)Cc1nc(C2CC2)c(C(=O)O)o1. The molecule has 0 atom stereocenters. The minimum absolute atomic E-state index is 0.0400.